The van der Waals surface area contributed by atoms with Gasteiger partial charge in [0.05, 0.1) is 49.0 Å². The number of hydrazine groups is 1. The number of halogens is 1. The number of amides is 3. The van der Waals surface area contributed by atoms with Gasteiger partial charge in [-0.2, -0.15) is 0 Å². The number of hydrogen-bond acceptors (Lipinski definition) is 10. The lowest BCUT2D eigenvalue weighted by atomic mass is 10.1. The zero-order valence-electron chi connectivity index (χ0n) is 23.6. The number of methoxy groups -OCH3 is 3. The van der Waals surface area contributed by atoms with Crippen LogP contribution in [0.4, 0.5) is 16.4 Å². The van der Waals surface area contributed by atoms with Gasteiger partial charge in [0.2, 0.25) is 11.7 Å². The molecule has 1 unspecified atom stereocenters. The minimum absolute atomic E-state index is 0.0187. The number of carbonyl (C=O) groups excluding carboxylic acids is 2. The van der Waals surface area contributed by atoms with Gasteiger partial charge < -0.3 is 14.2 Å². The first-order chi connectivity index (χ1) is 21.2. The van der Waals surface area contributed by atoms with Gasteiger partial charge in [-0.25, -0.2) is 25.2 Å². The second-order valence-electron chi connectivity index (χ2n) is 9.19. The number of carbonyl (C=O) groups is 2. The summed E-state index contributed by atoms with van der Waals surface area (Å²) in [5.74, 6) is 0.691. The van der Waals surface area contributed by atoms with E-state index in [9.17, 15) is 19.7 Å². The molecule has 1 aliphatic rings. The molecule has 1 saturated heterocycles. The third-order valence-electron chi connectivity index (χ3n) is 6.54. The van der Waals surface area contributed by atoms with Crippen LogP contribution in [0.25, 0.3) is 22.5 Å². The number of benzene rings is 3. The molecule has 0 aliphatic carbocycles. The third-order valence-corrected chi connectivity index (χ3v) is 7.99. The molecule has 226 valence electrons. The van der Waals surface area contributed by atoms with Crippen LogP contribution in [0.2, 0.25) is 5.02 Å². The van der Waals surface area contributed by atoms with Crippen LogP contribution in [-0.4, -0.2) is 58.9 Å². The summed E-state index contributed by atoms with van der Waals surface area (Å²) in [7, 11) is 4.48. The fourth-order valence-electron chi connectivity index (χ4n) is 4.52. The third kappa shape index (κ3) is 6.31. The van der Waals surface area contributed by atoms with Crippen molar-refractivity contribution in [1.29, 1.82) is 0 Å². The molecule has 3 amide bonds. The van der Waals surface area contributed by atoms with Crippen molar-refractivity contribution >= 4 is 46.9 Å². The van der Waals surface area contributed by atoms with Crippen molar-refractivity contribution in [3.63, 3.8) is 0 Å². The van der Waals surface area contributed by atoms with Crippen LogP contribution >= 0.6 is 23.4 Å². The quantitative estimate of drug-likeness (QED) is 0.172. The summed E-state index contributed by atoms with van der Waals surface area (Å²) in [6.07, 6.45) is 0. The Hall–Kier alpha value is -5.08. The van der Waals surface area contributed by atoms with Crippen LogP contribution in [0.15, 0.2) is 66.7 Å². The van der Waals surface area contributed by atoms with Crippen molar-refractivity contribution in [2.45, 2.75) is 5.37 Å². The molecule has 1 atom stereocenters. The number of nitrogens with one attached hydrogen (secondary N) is 2. The molecular formula is C29H25ClN6O7S. The van der Waals surface area contributed by atoms with Crippen molar-refractivity contribution in [1.82, 2.24) is 20.4 Å². The second kappa shape index (κ2) is 13.1. The second-order valence-corrected chi connectivity index (χ2v) is 10.7. The molecule has 5 rings (SSSR count). The van der Waals surface area contributed by atoms with Crippen LogP contribution in [0, 0.1) is 10.1 Å². The topological polar surface area (TPSA) is 158 Å². The maximum atomic E-state index is 13.2. The maximum absolute atomic E-state index is 13.2. The van der Waals surface area contributed by atoms with Crippen molar-refractivity contribution in [3.05, 3.63) is 87.4 Å². The largest absolute Gasteiger partial charge is 0.493 e. The molecule has 0 saturated carbocycles. The number of para-hydroxylation sites is 1. The van der Waals surface area contributed by atoms with Crippen molar-refractivity contribution in [2.24, 2.45) is 0 Å². The fourth-order valence-corrected chi connectivity index (χ4v) is 5.79. The van der Waals surface area contributed by atoms with E-state index in [0.717, 1.165) is 16.8 Å². The van der Waals surface area contributed by atoms with Crippen LogP contribution in [0.1, 0.15) is 10.9 Å². The zero-order chi connectivity index (χ0) is 31.4. The molecule has 2 heterocycles. The van der Waals surface area contributed by atoms with Gasteiger partial charge in [0.1, 0.15) is 5.37 Å². The van der Waals surface area contributed by atoms with Crippen LogP contribution in [-0.2, 0) is 4.79 Å². The van der Waals surface area contributed by atoms with Crippen molar-refractivity contribution < 1.29 is 28.7 Å². The Morgan fingerprint density at radius 1 is 0.977 bits per heavy atom. The van der Waals surface area contributed by atoms with Crippen LogP contribution in [0.3, 0.4) is 0 Å². The fraction of sp³-hybridized carbons (Fsp3) is 0.172. The molecule has 44 heavy (non-hydrogen) atoms. The number of hydrogen-bond donors (Lipinski definition) is 2. The molecular weight excluding hydrogens is 612 g/mol. The highest BCUT2D eigenvalue weighted by Gasteiger charge is 2.38. The summed E-state index contributed by atoms with van der Waals surface area (Å²) in [6.45, 7) is 0. The SMILES string of the molecule is COc1cc(-c2cc(-c3ccc(Cl)cc3)nc(NC(=O)NN3C(=O)CSC3c3ccccc3[N+](=O)[O-])n2)cc(OC)c1OC. The summed E-state index contributed by atoms with van der Waals surface area (Å²) in [5.41, 5.74) is 4.75. The smallest absolute Gasteiger partial charge is 0.340 e. The Labute approximate surface area is 260 Å². The van der Waals surface area contributed by atoms with Crippen molar-refractivity contribution in [2.75, 3.05) is 32.4 Å². The first-order valence-corrected chi connectivity index (χ1v) is 14.3. The number of thioether (sulfide) groups is 1. The molecule has 3 aromatic carbocycles. The van der Waals surface area contributed by atoms with Crippen LogP contribution in [0.5, 0.6) is 17.2 Å². The molecule has 2 N–H and O–H groups in total. The lowest BCUT2D eigenvalue weighted by molar-refractivity contribution is -0.385. The Morgan fingerprint density at radius 2 is 1.61 bits per heavy atom. The highest BCUT2D eigenvalue weighted by molar-refractivity contribution is 8.00. The van der Waals surface area contributed by atoms with E-state index in [0.29, 0.717) is 44.8 Å². The predicted octanol–water partition coefficient (Wildman–Crippen LogP) is 5.71. The number of nitrogens with zero attached hydrogens (tertiary/aromatic N) is 4. The van der Waals surface area contributed by atoms with Crippen LogP contribution < -0.4 is 25.0 Å². The normalized spacial score (nSPS) is 14.2. The molecule has 13 nitrogen and oxygen atoms in total. The Kier molecular flexibility index (Phi) is 9.01. The van der Waals surface area contributed by atoms with E-state index in [1.165, 1.54) is 33.5 Å². The minimum Gasteiger partial charge on any atom is -0.493 e. The lowest BCUT2D eigenvalue weighted by Gasteiger charge is -2.24. The number of ether oxygens (including phenoxy) is 3. The van der Waals surface area contributed by atoms with E-state index in [4.69, 9.17) is 25.8 Å². The molecule has 0 spiro atoms. The van der Waals surface area contributed by atoms with Gasteiger partial charge in [-0.3, -0.25) is 20.2 Å². The van der Waals surface area contributed by atoms with Gasteiger partial charge >= 0.3 is 6.03 Å². The Bertz CT molecular complexity index is 1720. The summed E-state index contributed by atoms with van der Waals surface area (Å²) < 4.78 is 16.4. The molecule has 4 aromatic rings. The van der Waals surface area contributed by atoms with Gasteiger partial charge in [-0.1, -0.05) is 35.9 Å². The molecule has 1 fully saturated rings. The van der Waals surface area contributed by atoms with E-state index in [1.807, 2.05) is 0 Å². The monoisotopic (exact) mass is 636 g/mol. The summed E-state index contributed by atoms with van der Waals surface area (Å²) in [4.78, 5) is 46.1. The van der Waals surface area contributed by atoms with Crippen molar-refractivity contribution in [3.8, 4) is 39.8 Å². The number of urea groups is 1. The summed E-state index contributed by atoms with van der Waals surface area (Å²) >= 11 is 7.24. The van der Waals surface area contributed by atoms with Gasteiger partial charge in [0.15, 0.2) is 11.5 Å². The Morgan fingerprint density at radius 3 is 2.23 bits per heavy atom. The average molecular weight is 637 g/mol. The number of rotatable bonds is 9. The molecule has 1 aliphatic heterocycles. The van der Waals surface area contributed by atoms with E-state index in [2.05, 4.69) is 20.7 Å². The number of anilines is 1. The number of nitro benzene ring substituents is 1. The zero-order valence-corrected chi connectivity index (χ0v) is 25.1. The van der Waals surface area contributed by atoms with Gasteiger partial charge in [-0.05, 0) is 36.4 Å². The van der Waals surface area contributed by atoms with E-state index < -0.39 is 22.2 Å². The first kappa shape index (κ1) is 30.4. The summed E-state index contributed by atoms with van der Waals surface area (Å²) in [6, 6.07) is 17.3. The molecule has 0 bridgehead atoms. The Balaban J connectivity index is 1.49. The number of nitro groups is 1. The molecule has 0 radical (unpaired) electrons. The highest BCUT2D eigenvalue weighted by atomic mass is 35.5. The molecule has 15 heteroatoms. The van der Waals surface area contributed by atoms with E-state index in [1.54, 1.807) is 54.6 Å². The number of aromatic nitrogens is 2. The van der Waals surface area contributed by atoms with Gasteiger partial charge in [0.25, 0.3) is 11.6 Å². The lowest BCUT2D eigenvalue weighted by Crippen LogP contribution is -2.46. The highest BCUT2D eigenvalue weighted by Crippen LogP contribution is 2.42. The van der Waals surface area contributed by atoms with E-state index in [-0.39, 0.29) is 23.0 Å². The summed E-state index contributed by atoms with van der Waals surface area (Å²) in [5, 5.41) is 15.0. The standard InChI is InChI=1S/C29H25ClN6O7S/c1-41-23-12-17(13-24(42-2)26(23)43-3)21-14-20(16-8-10-18(30)11-9-16)31-28(32-21)33-29(38)34-35-25(37)15-44-27(35)19-6-4-5-7-22(19)36(39)40/h4-14,27H,15H2,1-3H3,(H2,31,32,33,34,38). The first-order valence-electron chi connectivity index (χ1n) is 12.9. The minimum atomic E-state index is -0.825. The van der Waals surface area contributed by atoms with Gasteiger partial charge in [0, 0.05) is 22.2 Å². The average Bonchev–Trinajstić information content (AvgIpc) is 3.39. The predicted molar refractivity (Wildman–Crippen MR) is 165 cm³/mol. The van der Waals surface area contributed by atoms with E-state index >= 15 is 0 Å². The van der Waals surface area contributed by atoms with Gasteiger partial charge in [-0.15, -0.1) is 11.8 Å². The molecule has 1 aromatic heterocycles. The maximum Gasteiger partial charge on any atom is 0.340 e.